The smallest absolute Gasteiger partial charge is 0.256 e. The Balaban J connectivity index is 0.000000155. The van der Waals surface area contributed by atoms with Crippen molar-refractivity contribution in [2.75, 3.05) is 31.5 Å². The van der Waals surface area contributed by atoms with Crippen molar-refractivity contribution in [3.63, 3.8) is 0 Å². The molecule has 2 aliphatic rings. The average Bonchev–Trinajstić information content (AvgIpc) is 4.44. The summed E-state index contributed by atoms with van der Waals surface area (Å²) < 4.78 is 52.4. The van der Waals surface area contributed by atoms with Gasteiger partial charge in [0.2, 0.25) is 0 Å². The van der Waals surface area contributed by atoms with Gasteiger partial charge in [-0.15, -0.1) is 21.8 Å². The third-order valence-corrected chi connectivity index (χ3v) is 13.5. The predicted octanol–water partition coefficient (Wildman–Crippen LogP) is 7.41. The minimum atomic E-state index is -1.83. The number of carbonyl (C=O) groups excluding carboxylic acids is 2. The molecule has 21 nitrogen and oxygen atoms in total. The van der Waals surface area contributed by atoms with Crippen LogP contribution in [-0.2, 0) is 14.3 Å². The number of hydrogen-bond acceptors (Lipinski definition) is 17. The maximum atomic E-state index is 14.5. The first-order valence-corrected chi connectivity index (χ1v) is 24.7. The Kier molecular flexibility index (Phi) is 18.2. The van der Waals surface area contributed by atoms with Crippen molar-refractivity contribution in [3.05, 3.63) is 180 Å². The van der Waals surface area contributed by atoms with Gasteiger partial charge in [-0.05, 0) is 71.6 Å². The molecule has 24 heteroatoms. The monoisotopic (exact) mass is 1100 g/mol. The van der Waals surface area contributed by atoms with Gasteiger partial charge in [-0.3, -0.25) is 9.59 Å². The fourth-order valence-electron chi connectivity index (χ4n) is 8.69. The molecule has 9 aromatic rings. The summed E-state index contributed by atoms with van der Waals surface area (Å²) >= 11 is 7.22. The zero-order valence-corrected chi connectivity index (χ0v) is 42.6. The lowest BCUT2D eigenvalue weighted by Gasteiger charge is -2.29. The molecule has 0 saturated carbocycles. The number of hydrogen-bond donors (Lipinski definition) is 5. The van der Waals surface area contributed by atoms with Gasteiger partial charge in [-0.2, -0.15) is 9.36 Å². The number of fused-ring (bicyclic) bond motifs is 2. The molecule has 79 heavy (non-hydrogen) atoms. The second-order valence-corrected chi connectivity index (χ2v) is 18.1. The second-order valence-electron chi connectivity index (χ2n) is 17.6. The SMILES string of the molecule is C.CC[C@H]1O[C@@H](n2nnc3c(NC(=O)c4ccccc4)ncnc32)[C@@H](F)[C@@H]1O.COc1ccc(C(Cl)(c2ccccc2)c2ccc(OC)cc2)cc1.O=C(Nc1ncnc2c1nnn2[C@@H]1O[C@H](CO)[C@@H](O)[C@@H]1F)c1ccccc1. The summed E-state index contributed by atoms with van der Waals surface area (Å²) in [6.07, 6.45) is -7.58. The lowest BCUT2D eigenvalue weighted by molar-refractivity contribution is -0.0512. The van der Waals surface area contributed by atoms with E-state index in [4.69, 9.17) is 35.7 Å². The molecule has 0 spiro atoms. The van der Waals surface area contributed by atoms with Crippen LogP contribution < -0.4 is 20.1 Å². The maximum absolute atomic E-state index is 14.5. The van der Waals surface area contributed by atoms with Crippen LogP contribution in [0.2, 0.25) is 0 Å². The van der Waals surface area contributed by atoms with Gasteiger partial charge in [0, 0.05) is 11.1 Å². The summed E-state index contributed by atoms with van der Waals surface area (Å²) in [6, 6.07) is 42.9. The van der Waals surface area contributed by atoms with Gasteiger partial charge < -0.3 is 44.9 Å². The number of aliphatic hydroxyl groups is 3. The predicted molar refractivity (Wildman–Crippen MR) is 287 cm³/mol. The van der Waals surface area contributed by atoms with Gasteiger partial charge in [0.05, 0.1) is 26.9 Å². The second kappa shape index (κ2) is 25.3. The number of ether oxygens (including phenoxy) is 4. The minimum absolute atomic E-state index is 0. The number of carbonyl (C=O) groups is 2. The number of alkyl halides is 3. The van der Waals surface area contributed by atoms with E-state index in [0.717, 1.165) is 32.9 Å². The molecule has 5 N–H and O–H groups in total. The maximum Gasteiger partial charge on any atom is 0.256 e. The normalized spacial score (nSPS) is 20.5. The number of rotatable bonds is 13. The van der Waals surface area contributed by atoms with Crippen molar-refractivity contribution < 1.29 is 52.6 Å². The minimum Gasteiger partial charge on any atom is -0.497 e. The number of methoxy groups -OCH3 is 2. The molecule has 11 rings (SSSR count). The molecule has 2 fully saturated rings. The van der Waals surface area contributed by atoms with Crippen molar-refractivity contribution in [1.29, 1.82) is 0 Å². The fraction of sp³-hybridized carbons (Fsp3) is 0.273. The van der Waals surface area contributed by atoms with Crippen LogP contribution in [0.1, 0.15) is 70.6 Å². The molecule has 4 aromatic heterocycles. The first-order chi connectivity index (χ1) is 37.9. The number of benzene rings is 5. The highest BCUT2D eigenvalue weighted by Gasteiger charge is 2.47. The summed E-state index contributed by atoms with van der Waals surface area (Å²) in [6.45, 7) is 1.25. The van der Waals surface area contributed by atoms with E-state index in [1.807, 2.05) is 78.9 Å². The van der Waals surface area contributed by atoms with Gasteiger partial charge in [-0.1, -0.05) is 116 Å². The van der Waals surface area contributed by atoms with Crippen LogP contribution in [0.25, 0.3) is 22.3 Å². The standard InChI is InChI=1S/C21H19ClO2.C17H17FN6O3.C16H15FN6O4.CH4/c1-23-19-12-8-17(9-13-19)21(22,16-6-4-3-5-7-16)18-10-14-20(24-2)15-11-18;1-2-10-13(25)11(18)17(27-10)24-15-12(22-23-24)14(19-8-20-15)21-16(26)9-6-4-3-5-7-9;17-10-12(25)9(6-24)27-16(10)23-14-11(21-22-23)13(18-7-19-14)20-15(26)8-4-2-1-3-5-8;/h3-15H,1-2H3;3-8,10-11,13,17,25H,2H2,1H3,(H,19,20,21,26);1-5,7,9-10,12,16,24-25H,6H2,(H,18,19,20,26);1H4/t;10-,11+,13-,17-;9-,10+,12-,16-;/m.11./s1. The number of anilines is 2. The van der Waals surface area contributed by atoms with E-state index in [-0.39, 0.29) is 47.3 Å². The number of nitrogens with zero attached hydrogens (tertiary/aromatic N) is 10. The first kappa shape index (κ1) is 56.7. The highest BCUT2D eigenvalue weighted by Crippen LogP contribution is 2.44. The zero-order valence-electron chi connectivity index (χ0n) is 41.9. The summed E-state index contributed by atoms with van der Waals surface area (Å²) in [7, 11) is 3.31. The molecule has 2 saturated heterocycles. The van der Waals surface area contributed by atoms with Crippen LogP contribution in [0.15, 0.2) is 152 Å². The van der Waals surface area contributed by atoms with Crippen LogP contribution in [-0.4, -0.2) is 135 Å². The van der Waals surface area contributed by atoms with E-state index in [0.29, 0.717) is 17.5 Å². The molecule has 5 aromatic carbocycles. The molecule has 410 valence electrons. The Bertz CT molecular complexity index is 3240. The Hall–Kier alpha value is -8.45. The topological polar surface area (TPSA) is 269 Å². The van der Waals surface area contributed by atoms with Gasteiger partial charge in [-0.25, -0.2) is 28.7 Å². The van der Waals surface area contributed by atoms with Gasteiger partial charge in [0.1, 0.15) is 47.3 Å². The van der Waals surface area contributed by atoms with Gasteiger partial charge in [0.15, 0.2) is 58.8 Å². The Morgan fingerprint density at radius 3 is 1.35 bits per heavy atom. The largest absolute Gasteiger partial charge is 0.497 e. The highest BCUT2D eigenvalue weighted by atomic mass is 35.5. The molecular weight excluding hydrogens is 1050 g/mol. The quantitative estimate of drug-likeness (QED) is 0.0555. The van der Waals surface area contributed by atoms with Crippen LogP contribution in [0, 0.1) is 0 Å². The van der Waals surface area contributed by atoms with Crippen molar-refractivity contribution >= 4 is 57.4 Å². The Morgan fingerprint density at radius 2 is 0.987 bits per heavy atom. The Morgan fingerprint density at radius 1 is 0.608 bits per heavy atom. The molecule has 0 radical (unpaired) electrons. The third-order valence-electron chi connectivity index (χ3n) is 12.9. The summed E-state index contributed by atoms with van der Waals surface area (Å²) in [5.74, 6) is 1.10. The summed E-state index contributed by atoms with van der Waals surface area (Å²) in [5.41, 5.74) is 4.52. The van der Waals surface area contributed by atoms with Crippen LogP contribution in [0.4, 0.5) is 20.4 Å². The average molecular weight is 1100 g/mol. The van der Waals surface area contributed by atoms with E-state index in [9.17, 15) is 28.6 Å². The van der Waals surface area contributed by atoms with E-state index in [1.165, 1.54) is 17.3 Å². The molecule has 2 aliphatic heterocycles. The lowest BCUT2D eigenvalue weighted by Crippen LogP contribution is -2.30. The van der Waals surface area contributed by atoms with Gasteiger partial charge in [0.25, 0.3) is 11.8 Å². The first-order valence-electron chi connectivity index (χ1n) is 24.3. The van der Waals surface area contributed by atoms with Gasteiger partial charge >= 0.3 is 0 Å². The van der Waals surface area contributed by atoms with Crippen molar-refractivity contribution in [2.24, 2.45) is 0 Å². The molecule has 0 aliphatic carbocycles. The van der Waals surface area contributed by atoms with Crippen LogP contribution in [0.5, 0.6) is 11.5 Å². The lowest BCUT2D eigenvalue weighted by atomic mass is 9.84. The number of aliphatic hydroxyl groups excluding tert-OH is 3. The summed E-state index contributed by atoms with van der Waals surface area (Å²) in [5, 5.41) is 49.8. The number of nitrogens with one attached hydrogen (secondary N) is 2. The van der Waals surface area contributed by atoms with E-state index < -0.39 is 66.6 Å². The summed E-state index contributed by atoms with van der Waals surface area (Å²) in [4.78, 5) is 40.0. The van der Waals surface area contributed by atoms with Crippen molar-refractivity contribution in [1.82, 2.24) is 49.9 Å². The molecular formula is C55H55ClF2N12O9. The number of amides is 2. The Labute approximate surface area is 456 Å². The van der Waals surface area contributed by atoms with E-state index >= 15 is 0 Å². The molecule has 2 amide bonds. The number of aromatic nitrogens is 10. The third kappa shape index (κ3) is 11.9. The zero-order chi connectivity index (χ0) is 54.9. The molecule has 0 bridgehead atoms. The van der Waals surface area contributed by atoms with E-state index in [1.54, 1.807) is 81.8 Å². The molecule has 8 atom stereocenters. The van der Waals surface area contributed by atoms with Crippen LogP contribution in [0.3, 0.4) is 0 Å². The molecule has 6 heterocycles. The van der Waals surface area contributed by atoms with Crippen molar-refractivity contribution in [3.8, 4) is 11.5 Å². The van der Waals surface area contributed by atoms with Crippen LogP contribution >= 0.6 is 11.6 Å². The number of halogens is 3. The molecule has 0 unspecified atom stereocenters. The van der Waals surface area contributed by atoms with Crippen molar-refractivity contribution in [2.45, 2.75) is 74.9 Å². The van der Waals surface area contributed by atoms with E-state index in [2.05, 4.69) is 51.2 Å². The fourth-order valence-corrected chi connectivity index (χ4v) is 9.07. The highest BCUT2D eigenvalue weighted by molar-refractivity contribution is 6.28.